The van der Waals surface area contributed by atoms with Crippen molar-refractivity contribution in [3.05, 3.63) is 17.9 Å². The summed E-state index contributed by atoms with van der Waals surface area (Å²) in [6.07, 6.45) is 4.71. The van der Waals surface area contributed by atoms with Crippen LogP contribution >= 0.6 is 0 Å². The average Bonchev–Trinajstić information content (AvgIpc) is 2.09. The van der Waals surface area contributed by atoms with E-state index in [0.717, 1.165) is 29.7 Å². The average molecular weight is 169 g/mol. The van der Waals surface area contributed by atoms with Crippen molar-refractivity contribution in [1.82, 2.24) is 0 Å². The first-order valence-corrected chi connectivity index (χ1v) is 4.32. The molecule has 1 heterocycles. The van der Waals surface area contributed by atoms with Crippen LogP contribution in [0.2, 0.25) is 0 Å². The lowest BCUT2D eigenvalue weighted by molar-refractivity contribution is -0.465. The zero-order valence-corrected chi connectivity index (χ0v) is 7.29. The van der Waals surface area contributed by atoms with Gasteiger partial charge < -0.3 is 9.94 Å². The minimum Gasteiger partial charge on any atom is -0.624 e. The van der Waals surface area contributed by atoms with Gasteiger partial charge in [-0.3, -0.25) is 0 Å². The summed E-state index contributed by atoms with van der Waals surface area (Å²) in [5.41, 5.74) is 0.878. The lowest BCUT2D eigenvalue weighted by Crippen LogP contribution is -2.26. The van der Waals surface area contributed by atoms with Crippen LogP contribution in [0.1, 0.15) is 19.3 Å². The van der Waals surface area contributed by atoms with Crippen LogP contribution in [0.25, 0.3) is 0 Å². The third kappa shape index (κ3) is 2.66. The Morgan fingerprint density at radius 3 is 3.08 bits per heavy atom. The van der Waals surface area contributed by atoms with E-state index in [-0.39, 0.29) is 0 Å². The Kier molecular flexibility index (Phi) is 3.80. The summed E-state index contributed by atoms with van der Waals surface area (Å²) in [6, 6.07) is 0. The summed E-state index contributed by atoms with van der Waals surface area (Å²) in [5.74, 6) is 0. The molecule has 0 fully saturated rings. The second kappa shape index (κ2) is 4.93. The van der Waals surface area contributed by atoms with Gasteiger partial charge in [-0.25, -0.2) is 4.74 Å². The quantitative estimate of drug-likeness (QED) is 0.275. The van der Waals surface area contributed by atoms with Crippen molar-refractivity contribution in [2.45, 2.75) is 19.3 Å². The molecule has 1 aliphatic rings. The summed E-state index contributed by atoms with van der Waals surface area (Å²) in [7, 11) is 0. The van der Waals surface area contributed by atoms with Crippen LogP contribution in [-0.4, -0.2) is 30.2 Å². The minimum absolute atomic E-state index is 0.468. The summed E-state index contributed by atoms with van der Waals surface area (Å²) in [4.78, 5) is 0. The van der Waals surface area contributed by atoms with Gasteiger partial charge in [0.15, 0.2) is 12.3 Å². The third-order valence-corrected chi connectivity index (χ3v) is 1.93. The fourth-order valence-electron chi connectivity index (χ4n) is 1.27. The second-order valence-electron chi connectivity index (χ2n) is 2.93. The molecule has 0 aromatic carbocycles. The maximum Gasteiger partial charge on any atom is 0.189 e. The van der Waals surface area contributed by atoms with Crippen molar-refractivity contribution >= 4 is 5.71 Å². The Hall–Kier alpha value is -0.830. The molecule has 12 heavy (non-hydrogen) atoms. The Labute approximate surface area is 72.9 Å². The first-order chi connectivity index (χ1) is 5.84. The molecule has 0 saturated heterocycles. The number of ether oxygens (including phenoxy) is 1. The van der Waals surface area contributed by atoms with Gasteiger partial charge in [0.1, 0.15) is 6.61 Å². The fraction of sp³-hybridized carbons (Fsp3) is 0.667. The predicted octanol–water partition coefficient (Wildman–Crippen LogP) is 1.32. The highest BCUT2D eigenvalue weighted by Crippen LogP contribution is 2.05. The molecule has 0 aromatic heterocycles. The van der Waals surface area contributed by atoms with Gasteiger partial charge in [-0.2, -0.15) is 0 Å². The van der Waals surface area contributed by atoms with E-state index < -0.39 is 0 Å². The van der Waals surface area contributed by atoms with Gasteiger partial charge >= 0.3 is 0 Å². The molecular formula is C9H15NO2. The van der Waals surface area contributed by atoms with E-state index in [1.165, 1.54) is 0 Å². The Morgan fingerprint density at radius 2 is 2.42 bits per heavy atom. The van der Waals surface area contributed by atoms with Crippen LogP contribution in [0, 0.1) is 5.21 Å². The predicted molar refractivity (Wildman–Crippen MR) is 48.4 cm³/mol. The molecule has 1 rings (SSSR count). The maximum absolute atomic E-state index is 11.2. The summed E-state index contributed by atoms with van der Waals surface area (Å²) < 4.78 is 6.26. The van der Waals surface area contributed by atoms with Crippen LogP contribution < -0.4 is 0 Å². The van der Waals surface area contributed by atoms with Crippen molar-refractivity contribution in [1.29, 1.82) is 0 Å². The topological polar surface area (TPSA) is 35.3 Å². The van der Waals surface area contributed by atoms with Gasteiger partial charge in [-0.05, 0) is 6.42 Å². The molecule has 0 amide bonds. The highest BCUT2D eigenvalue weighted by molar-refractivity contribution is 5.81. The summed E-state index contributed by atoms with van der Waals surface area (Å²) in [5, 5.41) is 11.2. The second-order valence-corrected chi connectivity index (χ2v) is 2.93. The van der Waals surface area contributed by atoms with Gasteiger partial charge in [0, 0.05) is 12.8 Å². The zero-order chi connectivity index (χ0) is 8.81. The summed E-state index contributed by atoms with van der Waals surface area (Å²) in [6.45, 7) is 5.16. The Balaban J connectivity index is 2.33. The number of hydrogen-bond donors (Lipinski definition) is 0. The van der Waals surface area contributed by atoms with Crippen molar-refractivity contribution in [3.8, 4) is 0 Å². The molecule has 3 heteroatoms. The van der Waals surface area contributed by atoms with E-state index in [1.807, 2.05) is 0 Å². The Bertz CT molecular complexity index is 187. The van der Waals surface area contributed by atoms with Crippen LogP contribution in [-0.2, 0) is 4.74 Å². The van der Waals surface area contributed by atoms with Crippen LogP contribution in [0.4, 0.5) is 0 Å². The molecule has 0 radical (unpaired) electrons. The van der Waals surface area contributed by atoms with E-state index in [2.05, 4.69) is 6.58 Å². The number of rotatable bonds is 4. The molecule has 68 valence electrons. The molecule has 0 aromatic rings. The highest BCUT2D eigenvalue weighted by atomic mass is 16.5. The monoisotopic (exact) mass is 169 g/mol. The van der Waals surface area contributed by atoms with Crippen molar-refractivity contribution in [2.24, 2.45) is 0 Å². The van der Waals surface area contributed by atoms with Gasteiger partial charge in [-0.1, -0.05) is 6.08 Å². The smallest absolute Gasteiger partial charge is 0.189 e. The number of nitrogens with zero attached hydrogens (tertiary/aromatic N) is 1. The molecule has 0 N–H and O–H groups in total. The normalized spacial score (nSPS) is 18.0. The zero-order valence-electron chi connectivity index (χ0n) is 7.29. The standard InChI is InChI=1S/C9H15NO2/c1-2-7-12-8-9-5-3-4-6-10(9)11/h2H,1,3-8H2. The van der Waals surface area contributed by atoms with Crippen LogP contribution in [0.5, 0.6) is 0 Å². The van der Waals surface area contributed by atoms with Crippen LogP contribution in [0.3, 0.4) is 0 Å². The molecule has 1 aliphatic heterocycles. The molecule has 0 aliphatic carbocycles. The molecule has 0 bridgehead atoms. The first-order valence-electron chi connectivity index (χ1n) is 4.32. The van der Waals surface area contributed by atoms with Gasteiger partial charge in [-0.15, -0.1) is 6.58 Å². The van der Waals surface area contributed by atoms with Gasteiger partial charge in [0.25, 0.3) is 0 Å². The van der Waals surface area contributed by atoms with Crippen molar-refractivity contribution in [2.75, 3.05) is 19.8 Å². The third-order valence-electron chi connectivity index (χ3n) is 1.93. The molecule has 0 saturated carbocycles. The van der Waals surface area contributed by atoms with Gasteiger partial charge in [0.2, 0.25) is 0 Å². The molecule has 0 spiro atoms. The lowest BCUT2D eigenvalue weighted by atomic mass is 10.1. The van der Waals surface area contributed by atoms with Gasteiger partial charge in [0.05, 0.1) is 6.61 Å². The van der Waals surface area contributed by atoms with E-state index in [0.29, 0.717) is 19.8 Å². The molecule has 0 atom stereocenters. The highest BCUT2D eigenvalue weighted by Gasteiger charge is 2.14. The summed E-state index contributed by atoms with van der Waals surface area (Å²) >= 11 is 0. The first kappa shape index (κ1) is 9.26. The van der Waals surface area contributed by atoms with Crippen molar-refractivity contribution < 1.29 is 9.48 Å². The Morgan fingerprint density at radius 1 is 1.58 bits per heavy atom. The SMILES string of the molecule is C=CCOCC1=[N+]([O-])CCCC1. The number of hydroxylamine groups is 1. The molecular weight excluding hydrogens is 154 g/mol. The van der Waals surface area contributed by atoms with Crippen LogP contribution in [0.15, 0.2) is 12.7 Å². The minimum atomic E-state index is 0.468. The van der Waals surface area contributed by atoms with E-state index in [4.69, 9.17) is 4.74 Å². The largest absolute Gasteiger partial charge is 0.624 e. The van der Waals surface area contributed by atoms with Crippen molar-refractivity contribution in [3.63, 3.8) is 0 Å². The lowest BCUT2D eigenvalue weighted by Gasteiger charge is -2.15. The van der Waals surface area contributed by atoms with E-state index >= 15 is 0 Å². The van der Waals surface area contributed by atoms with E-state index in [1.54, 1.807) is 6.08 Å². The number of hydrogen-bond acceptors (Lipinski definition) is 2. The fourth-order valence-corrected chi connectivity index (χ4v) is 1.27. The molecule has 0 unspecified atom stereocenters. The van der Waals surface area contributed by atoms with E-state index in [9.17, 15) is 5.21 Å². The molecule has 3 nitrogen and oxygen atoms in total. The maximum atomic E-state index is 11.2.